The largest absolute Gasteiger partial charge is 0.497 e. The zero-order chi connectivity index (χ0) is 18.2. The normalized spacial score (nSPS) is 11.5. The topological polar surface area (TPSA) is 76.7 Å². The number of amides is 2. The third-order valence-corrected chi connectivity index (χ3v) is 3.68. The summed E-state index contributed by atoms with van der Waals surface area (Å²) < 4.78 is 10.6. The smallest absolute Gasteiger partial charge is 0.313 e. The van der Waals surface area contributed by atoms with Crippen LogP contribution in [0.1, 0.15) is 17.2 Å². The first-order chi connectivity index (χ1) is 12.0. The van der Waals surface area contributed by atoms with Crippen molar-refractivity contribution in [3.8, 4) is 5.75 Å². The molecule has 0 aliphatic rings. The fourth-order valence-electron chi connectivity index (χ4n) is 2.36. The standard InChI is InChI=1S/C19H22N2O4/c1-13-6-4-8-15(10-13)21-19(23)18(22)20-12-17(25-3)14-7-5-9-16(11-14)24-2/h4-11,17H,12H2,1-3H3,(H,20,22)(H,21,23). The van der Waals surface area contributed by atoms with Gasteiger partial charge in [-0.3, -0.25) is 9.59 Å². The Morgan fingerprint density at radius 1 is 1.04 bits per heavy atom. The first-order valence-electron chi connectivity index (χ1n) is 7.86. The summed E-state index contributed by atoms with van der Waals surface area (Å²) in [7, 11) is 3.13. The lowest BCUT2D eigenvalue weighted by Crippen LogP contribution is -2.38. The fourth-order valence-corrected chi connectivity index (χ4v) is 2.36. The van der Waals surface area contributed by atoms with E-state index in [1.54, 1.807) is 26.4 Å². The van der Waals surface area contributed by atoms with Crippen LogP contribution in [0.25, 0.3) is 0 Å². The minimum atomic E-state index is -0.717. The van der Waals surface area contributed by atoms with Crippen molar-refractivity contribution in [2.24, 2.45) is 0 Å². The summed E-state index contributed by atoms with van der Waals surface area (Å²) in [5.41, 5.74) is 2.42. The molecule has 2 aromatic rings. The van der Waals surface area contributed by atoms with Gasteiger partial charge in [0.05, 0.1) is 13.2 Å². The van der Waals surface area contributed by atoms with Gasteiger partial charge in [0, 0.05) is 19.3 Å². The molecule has 1 atom stereocenters. The van der Waals surface area contributed by atoms with Gasteiger partial charge in [0.2, 0.25) is 0 Å². The summed E-state index contributed by atoms with van der Waals surface area (Å²) in [5, 5.41) is 5.16. The van der Waals surface area contributed by atoms with Gasteiger partial charge in [-0.15, -0.1) is 0 Å². The molecule has 6 nitrogen and oxygen atoms in total. The lowest BCUT2D eigenvalue weighted by Gasteiger charge is -2.17. The van der Waals surface area contributed by atoms with E-state index in [1.165, 1.54) is 0 Å². The van der Waals surface area contributed by atoms with Gasteiger partial charge in [0.1, 0.15) is 5.75 Å². The minimum Gasteiger partial charge on any atom is -0.497 e. The van der Waals surface area contributed by atoms with Crippen LogP contribution in [-0.2, 0) is 14.3 Å². The summed E-state index contributed by atoms with van der Waals surface area (Å²) in [6.45, 7) is 2.08. The maximum Gasteiger partial charge on any atom is 0.313 e. The summed E-state index contributed by atoms with van der Waals surface area (Å²) in [4.78, 5) is 24.0. The number of ether oxygens (including phenoxy) is 2. The Kier molecular flexibility index (Phi) is 6.54. The molecule has 0 aliphatic carbocycles. The Hall–Kier alpha value is -2.86. The molecule has 1 unspecified atom stereocenters. The van der Waals surface area contributed by atoms with E-state index in [0.717, 1.165) is 11.1 Å². The lowest BCUT2D eigenvalue weighted by molar-refractivity contribution is -0.136. The third kappa shape index (κ3) is 5.32. The van der Waals surface area contributed by atoms with E-state index in [-0.39, 0.29) is 12.6 Å². The molecule has 0 heterocycles. The van der Waals surface area contributed by atoms with Crippen molar-refractivity contribution < 1.29 is 19.1 Å². The predicted octanol–water partition coefficient (Wildman–Crippen LogP) is 2.45. The number of carbonyl (C=O) groups excluding carboxylic acids is 2. The number of hydrogen-bond donors (Lipinski definition) is 2. The second-order valence-corrected chi connectivity index (χ2v) is 5.53. The molecular weight excluding hydrogens is 320 g/mol. The van der Waals surface area contributed by atoms with Gasteiger partial charge in [0.25, 0.3) is 0 Å². The highest BCUT2D eigenvalue weighted by Crippen LogP contribution is 2.21. The first kappa shape index (κ1) is 18.5. The number of hydrogen-bond acceptors (Lipinski definition) is 4. The van der Waals surface area contributed by atoms with Crippen molar-refractivity contribution in [2.75, 3.05) is 26.1 Å². The van der Waals surface area contributed by atoms with Crippen LogP contribution in [0.2, 0.25) is 0 Å². The quantitative estimate of drug-likeness (QED) is 0.791. The summed E-state index contributed by atoms with van der Waals surface area (Å²) in [6, 6.07) is 14.6. The van der Waals surface area contributed by atoms with Crippen LogP contribution >= 0.6 is 0 Å². The van der Waals surface area contributed by atoms with E-state index < -0.39 is 11.8 Å². The van der Waals surface area contributed by atoms with E-state index >= 15 is 0 Å². The second-order valence-electron chi connectivity index (χ2n) is 5.53. The van der Waals surface area contributed by atoms with Crippen LogP contribution < -0.4 is 15.4 Å². The second kappa shape index (κ2) is 8.84. The van der Waals surface area contributed by atoms with Gasteiger partial charge in [0.15, 0.2) is 0 Å². The van der Waals surface area contributed by atoms with Crippen LogP contribution in [0.5, 0.6) is 5.75 Å². The third-order valence-electron chi connectivity index (χ3n) is 3.68. The highest BCUT2D eigenvalue weighted by Gasteiger charge is 2.17. The molecule has 0 radical (unpaired) electrons. The van der Waals surface area contributed by atoms with Crippen molar-refractivity contribution in [3.63, 3.8) is 0 Å². The van der Waals surface area contributed by atoms with Crippen molar-refractivity contribution in [1.82, 2.24) is 5.32 Å². The molecule has 2 rings (SSSR count). The zero-order valence-electron chi connectivity index (χ0n) is 14.5. The number of carbonyl (C=O) groups is 2. The highest BCUT2D eigenvalue weighted by atomic mass is 16.5. The molecule has 6 heteroatoms. The molecule has 0 fully saturated rings. The molecule has 0 aliphatic heterocycles. The number of anilines is 1. The molecule has 0 bridgehead atoms. The SMILES string of the molecule is COc1cccc(C(CNC(=O)C(=O)Nc2cccc(C)c2)OC)c1. The van der Waals surface area contributed by atoms with Crippen LogP contribution in [-0.4, -0.2) is 32.6 Å². The number of rotatable bonds is 6. The molecule has 0 spiro atoms. The Morgan fingerprint density at radius 3 is 2.48 bits per heavy atom. The fraction of sp³-hybridized carbons (Fsp3) is 0.263. The van der Waals surface area contributed by atoms with E-state index in [2.05, 4.69) is 10.6 Å². The van der Waals surface area contributed by atoms with Crippen molar-refractivity contribution in [3.05, 3.63) is 59.7 Å². The average Bonchev–Trinajstić information content (AvgIpc) is 2.62. The lowest BCUT2D eigenvalue weighted by atomic mass is 10.1. The molecule has 25 heavy (non-hydrogen) atoms. The van der Waals surface area contributed by atoms with Gasteiger partial charge in [-0.05, 0) is 42.3 Å². The van der Waals surface area contributed by atoms with Crippen LogP contribution in [0.15, 0.2) is 48.5 Å². The number of aryl methyl sites for hydroxylation is 1. The Morgan fingerprint density at radius 2 is 1.80 bits per heavy atom. The monoisotopic (exact) mass is 342 g/mol. The molecular formula is C19H22N2O4. The average molecular weight is 342 g/mol. The Labute approximate surface area is 147 Å². The molecule has 2 aromatic carbocycles. The van der Waals surface area contributed by atoms with Crippen molar-refractivity contribution in [1.29, 1.82) is 0 Å². The van der Waals surface area contributed by atoms with Crippen LogP contribution in [0.4, 0.5) is 5.69 Å². The summed E-state index contributed by atoms with van der Waals surface area (Å²) in [6.07, 6.45) is -0.384. The minimum absolute atomic E-state index is 0.170. The van der Waals surface area contributed by atoms with Gasteiger partial charge in [-0.25, -0.2) is 0 Å². The van der Waals surface area contributed by atoms with Gasteiger partial charge >= 0.3 is 11.8 Å². The van der Waals surface area contributed by atoms with Crippen LogP contribution in [0.3, 0.4) is 0 Å². The van der Waals surface area contributed by atoms with E-state index in [1.807, 2.05) is 43.3 Å². The zero-order valence-corrected chi connectivity index (χ0v) is 14.5. The maximum atomic E-state index is 12.0. The van der Waals surface area contributed by atoms with Gasteiger partial charge in [-0.1, -0.05) is 24.3 Å². The van der Waals surface area contributed by atoms with Crippen molar-refractivity contribution >= 4 is 17.5 Å². The number of methoxy groups -OCH3 is 2. The number of benzene rings is 2. The number of nitrogens with one attached hydrogen (secondary N) is 2. The molecule has 2 N–H and O–H groups in total. The Bertz CT molecular complexity index is 746. The molecule has 0 aromatic heterocycles. The van der Waals surface area contributed by atoms with E-state index in [9.17, 15) is 9.59 Å². The first-order valence-corrected chi connectivity index (χ1v) is 7.86. The van der Waals surface area contributed by atoms with E-state index in [0.29, 0.717) is 11.4 Å². The van der Waals surface area contributed by atoms with Crippen molar-refractivity contribution in [2.45, 2.75) is 13.0 Å². The highest BCUT2D eigenvalue weighted by molar-refractivity contribution is 6.39. The maximum absolute atomic E-state index is 12.0. The molecule has 132 valence electrons. The van der Waals surface area contributed by atoms with Crippen LogP contribution in [0, 0.1) is 6.92 Å². The van der Waals surface area contributed by atoms with Gasteiger partial charge in [-0.2, -0.15) is 0 Å². The molecule has 2 amide bonds. The molecule has 0 saturated heterocycles. The van der Waals surface area contributed by atoms with Gasteiger partial charge < -0.3 is 20.1 Å². The van der Waals surface area contributed by atoms with E-state index in [4.69, 9.17) is 9.47 Å². The summed E-state index contributed by atoms with van der Waals surface area (Å²) in [5.74, 6) is -0.736. The Balaban J connectivity index is 1.93. The summed E-state index contributed by atoms with van der Waals surface area (Å²) >= 11 is 0. The molecule has 0 saturated carbocycles. The predicted molar refractivity (Wildman–Crippen MR) is 95.6 cm³/mol.